The summed E-state index contributed by atoms with van der Waals surface area (Å²) in [5.74, 6) is 2.01. The molecule has 1 aromatic rings. The van der Waals surface area contributed by atoms with Gasteiger partial charge < -0.3 is 5.32 Å². The summed E-state index contributed by atoms with van der Waals surface area (Å²) in [6.07, 6.45) is 6.17. The molecule has 3 nitrogen and oxygen atoms in total. The minimum Gasteiger partial charge on any atom is -0.316 e. The molecule has 0 aromatic carbocycles. The van der Waals surface area contributed by atoms with Crippen LogP contribution in [0.3, 0.4) is 0 Å². The molecule has 14 heavy (non-hydrogen) atoms. The van der Waals surface area contributed by atoms with Crippen molar-refractivity contribution in [3.63, 3.8) is 0 Å². The molecule has 0 aliphatic heterocycles. The smallest absolute Gasteiger partial charge is 0.116 e. The van der Waals surface area contributed by atoms with Crippen LogP contribution in [-0.4, -0.2) is 28.8 Å². The lowest BCUT2D eigenvalue weighted by atomic mass is 10.2. The molecule has 0 radical (unpaired) electrons. The fourth-order valence-corrected chi connectivity index (χ4v) is 2.56. The molecule has 1 aliphatic rings. The van der Waals surface area contributed by atoms with Crippen molar-refractivity contribution in [2.45, 2.75) is 23.9 Å². The van der Waals surface area contributed by atoms with Gasteiger partial charge in [0, 0.05) is 18.0 Å². The van der Waals surface area contributed by atoms with E-state index in [1.807, 2.05) is 24.9 Å². The second kappa shape index (κ2) is 4.75. The number of thioether (sulfide) groups is 1. The Balaban J connectivity index is 1.81. The fraction of sp³-hybridized carbons (Fsp3) is 0.600. The molecule has 1 atom stereocenters. The molecule has 4 heteroatoms. The normalized spacial score (nSPS) is 18.1. The number of rotatable bonds is 5. The van der Waals surface area contributed by atoms with Crippen molar-refractivity contribution >= 4 is 11.8 Å². The van der Waals surface area contributed by atoms with Crippen LogP contribution in [0.1, 0.15) is 12.8 Å². The van der Waals surface area contributed by atoms with E-state index in [-0.39, 0.29) is 0 Å². The lowest BCUT2D eigenvalue weighted by Crippen LogP contribution is -2.29. The summed E-state index contributed by atoms with van der Waals surface area (Å²) < 4.78 is 0. The summed E-state index contributed by atoms with van der Waals surface area (Å²) in [6, 6.07) is 2.61. The topological polar surface area (TPSA) is 37.8 Å². The monoisotopic (exact) mass is 209 g/mol. The van der Waals surface area contributed by atoms with E-state index in [4.69, 9.17) is 0 Å². The summed E-state index contributed by atoms with van der Waals surface area (Å²) >= 11 is 1.81. The van der Waals surface area contributed by atoms with Crippen LogP contribution in [0, 0.1) is 5.92 Å². The molecule has 1 saturated carbocycles. The van der Waals surface area contributed by atoms with Gasteiger partial charge in [-0.05, 0) is 31.9 Å². The first kappa shape index (κ1) is 9.93. The van der Waals surface area contributed by atoms with Crippen LogP contribution in [0.25, 0.3) is 0 Å². The van der Waals surface area contributed by atoms with E-state index in [0.717, 1.165) is 16.7 Å². The van der Waals surface area contributed by atoms with Crippen LogP contribution in [0.2, 0.25) is 0 Å². The van der Waals surface area contributed by atoms with Gasteiger partial charge in [-0.15, -0.1) is 11.8 Å². The first-order valence-electron chi connectivity index (χ1n) is 4.96. The minimum atomic E-state index is 0.648. The van der Waals surface area contributed by atoms with Crippen molar-refractivity contribution in [2.24, 2.45) is 5.92 Å². The van der Waals surface area contributed by atoms with Crippen LogP contribution < -0.4 is 5.32 Å². The van der Waals surface area contributed by atoms with Crippen LogP contribution >= 0.6 is 11.8 Å². The molecule has 1 N–H and O–H groups in total. The predicted molar refractivity (Wildman–Crippen MR) is 58.3 cm³/mol. The third kappa shape index (κ3) is 2.69. The van der Waals surface area contributed by atoms with Gasteiger partial charge in [0.1, 0.15) is 6.33 Å². The Morgan fingerprint density at radius 3 is 3.07 bits per heavy atom. The van der Waals surface area contributed by atoms with E-state index in [1.165, 1.54) is 12.8 Å². The Morgan fingerprint density at radius 2 is 2.50 bits per heavy atom. The molecular weight excluding hydrogens is 194 g/mol. The van der Waals surface area contributed by atoms with Crippen LogP contribution in [0.5, 0.6) is 0 Å². The van der Waals surface area contributed by atoms with Gasteiger partial charge in [-0.1, -0.05) is 0 Å². The molecule has 0 saturated heterocycles. The Hall–Kier alpha value is -0.610. The molecule has 2 rings (SSSR count). The molecule has 0 bridgehead atoms. The van der Waals surface area contributed by atoms with E-state index in [2.05, 4.69) is 15.3 Å². The molecule has 0 spiro atoms. The molecule has 76 valence electrons. The summed E-state index contributed by atoms with van der Waals surface area (Å²) in [4.78, 5) is 8.09. The molecule has 1 heterocycles. The SMILES string of the molecule is CNC(CSc1ccncn1)C1CC1. The number of hydrogen-bond donors (Lipinski definition) is 1. The number of nitrogens with zero attached hydrogens (tertiary/aromatic N) is 2. The van der Waals surface area contributed by atoms with Crippen LogP contribution in [0.4, 0.5) is 0 Å². The molecule has 1 fully saturated rings. The first-order chi connectivity index (χ1) is 6.90. The highest BCUT2D eigenvalue weighted by atomic mass is 32.2. The highest BCUT2D eigenvalue weighted by Crippen LogP contribution is 2.34. The van der Waals surface area contributed by atoms with E-state index < -0.39 is 0 Å². The average Bonchev–Trinajstić information content (AvgIpc) is 3.05. The van der Waals surface area contributed by atoms with Crippen LogP contribution in [-0.2, 0) is 0 Å². The number of nitrogens with one attached hydrogen (secondary N) is 1. The zero-order valence-electron chi connectivity index (χ0n) is 8.31. The van der Waals surface area contributed by atoms with Gasteiger partial charge in [0.25, 0.3) is 0 Å². The largest absolute Gasteiger partial charge is 0.316 e. The molecular formula is C10H15N3S. The molecule has 1 unspecified atom stereocenters. The zero-order valence-corrected chi connectivity index (χ0v) is 9.13. The summed E-state index contributed by atoms with van der Waals surface area (Å²) in [5, 5.41) is 4.44. The van der Waals surface area contributed by atoms with Crippen molar-refractivity contribution < 1.29 is 0 Å². The standard InChI is InChI=1S/C10H15N3S/c1-11-9(8-2-3-8)6-14-10-4-5-12-7-13-10/h4-5,7-9,11H,2-3,6H2,1H3. The Bertz CT molecular complexity index is 274. The van der Waals surface area contributed by atoms with Crippen molar-refractivity contribution in [2.75, 3.05) is 12.8 Å². The van der Waals surface area contributed by atoms with Crippen molar-refractivity contribution in [3.8, 4) is 0 Å². The predicted octanol–water partition coefficient (Wildman–Crippen LogP) is 1.57. The van der Waals surface area contributed by atoms with Gasteiger partial charge in [0.2, 0.25) is 0 Å². The fourth-order valence-electron chi connectivity index (χ4n) is 1.49. The molecule has 1 aromatic heterocycles. The summed E-state index contributed by atoms with van der Waals surface area (Å²) in [5.41, 5.74) is 0. The van der Waals surface area contributed by atoms with Crippen LogP contribution in [0.15, 0.2) is 23.6 Å². The molecule has 0 amide bonds. The second-order valence-electron chi connectivity index (χ2n) is 3.59. The van der Waals surface area contributed by atoms with Crippen molar-refractivity contribution in [1.82, 2.24) is 15.3 Å². The van der Waals surface area contributed by atoms with Gasteiger partial charge >= 0.3 is 0 Å². The third-order valence-corrected chi connectivity index (χ3v) is 3.59. The van der Waals surface area contributed by atoms with E-state index >= 15 is 0 Å². The maximum Gasteiger partial charge on any atom is 0.116 e. The second-order valence-corrected chi connectivity index (χ2v) is 4.63. The number of aromatic nitrogens is 2. The molecule has 1 aliphatic carbocycles. The van der Waals surface area contributed by atoms with Crippen molar-refractivity contribution in [3.05, 3.63) is 18.6 Å². The Morgan fingerprint density at radius 1 is 1.64 bits per heavy atom. The Labute approximate surface area is 88.7 Å². The Kier molecular flexibility index (Phi) is 3.37. The highest BCUT2D eigenvalue weighted by molar-refractivity contribution is 7.99. The summed E-state index contributed by atoms with van der Waals surface area (Å²) in [7, 11) is 2.05. The lowest BCUT2D eigenvalue weighted by molar-refractivity contribution is 0.553. The highest BCUT2D eigenvalue weighted by Gasteiger charge is 2.29. The van der Waals surface area contributed by atoms with Gasteiger partial charge in [-0.2, -0.15) is 0 Å². The van der Waals surface area contributed by atoms with Gasteiger partial charge in [-0.25, -0.2) is 9.97 Å². The van der Waals surface area contributed by atoms with E-state index in [9.17, 15) is 0 Å². The zero-order chi connectivity index (χ0) is 9.80. The van der Waals surface area contributed by atoms with E-state index in [0.29, 0.717) is 6.04 Å². The summed E-state index contributed by atoms with van der Waals surface area (Å²) in [6.45, 7) is 0. The van der Waals surface area contributed by atoms with Gasteiger partial charge in [0.15, 0.2) is 0 Å². The van der Waals surface area contributed by atoms with E-state index in [1.54, 1.807) is 12.5 Å². The quantitative estimate of drug-likeness (QED) is 0.590. The van der Waals surface area contributed by atoms with Crippen molar-refractivity contribution in [1.29, 1.82) is 0 Å². The maximum atomic E-state index is 4.19. The maximum absolute atomic E-state index is 4.19. The minimum absolute atomic E-state index is 0.648. The third-order valence-electron chi connectivity index (χ3n) is 2.53. The lowest BCUT2D eigenvalue weighted by Gasteiger charge is -2.13. The average molecular weight is 209 g/mol. The number of hydrogen-bond acceptors (Lipinski definition) is 4. The first-order valence-corrected chi connectivity index (χ1v) is 5.95. The van der Waals surface area contributed by atoms with Gasteiger partial charge in [0.05, 0.1) is 5.03 Å². The van der Waals surface area contributed by atoms with Gasteiger partial charge in [-0.3, -0.25) is 0 Å².